The molecule has 5 rings (SSSR count). The van der Waals surface area contributed by atoms with E-state index in [1.54, 1.807) is 108 Å². The number of esters is 1. The Balaban J connectivity index is 1.81. The van der Waals surface area contributed by atoms with Crippen molar-refractivity contribution in [2.45, 2.75) is 96.9 Å². The first-order valence-corrected chi connectivity index (χ1v) is 16.6. The van der Waals surface area contributed by atoms with Crippen molar-refractivity contribution >= 4 is 41.3 Å². The van der Waals surface area contributed by atoms with Crippen LogP contribution in [0.4, 0.5) is 21.0 Å². The molecule has 262 valence electrons. The van der Waals surface area contributed by atoms with Gasteiger partial charge in [-0.05, 0) is 90.6 Å². The highest BCUT2D eigenvalue weighted by atomic mass is 16.6. The molecule has 0 N–H and O–H groups in total. The van der Waals surface area contributed by atoms with E-state index in [0.29, 0.717) is 5.56 Å². The van der Waals surface area contributed by atoms with Crippen molar-refractivity contribution in [2.75, 3.05) is 9.80 Å². The summed E-state index contributed by atoms with van der Waals surface area (Å²) in [4.78, 5) is 74.7. The molecule has 0 fully saturated rings. The number of benzene rings is 3. The zero-order valence-corrected chi connectivity index (χ0v) is 29.9. The second-order valence-corrected chi connectivity index (χ2v) is 14.9. The van der Waals surface area contributed by atoms with Crippen LogP contribution in [-0.4, -0.2) is 41.2 Å². The number of hydrogen-bond acceptors (Lipinski definition) is 8. The lowest BCUT2D eigenvalue weighted by Gasteiger charge is -2.43. The molecule has 0 aliphatic carbocycles. The Kier molecular flexibility index (Phi) is 9.53. The molecule has 2 heterocycles. The molecule has 2 aliphatic rings. The smallest absolute Gasteiger partial charge is 0.421 e. The van der Waals surface area contributed by atoms with E-state index >= 15 is 9.59 Å². The van der Waals surface area contributed by atoms with E-state index in [1.807, 2.05) is 32.0 Å². The fourth-order valence-corrected chi connectivity index (χ4v) is 6.75. The molecule has 0 unspecified atom stereocenters. The first-order chi connectivity index (χ1) is 23.4. The molecule has 2 atom stereocenters. The molecule has 0 saturated carbocycles. The van der Waals surface area contributed by atoms with Crippen LogP contribution in [0.15, 0.2) is 90.5 Å². The molecule has 0 aromatic heterocycles. The van der Waals surface area contributed by atoms with E-state index in [1.165, 1.54) is 0 Å². The highest BCUT2D eigenvalue weighted by molar-refractivity contribution is 6.29. The lowest BCUT2D eigenvalue weighted by molar-refractivity contribution is -0.151. The maximum Gasteiger partial charge on any atom is 0.421 e. The summed E-state index contributed by atoms with van der Waals surface area (Å²) in [7, 11) is 0. The molecule has 0 radical (unpaired) electrons. The summed E-state index contributed by atoms with van der Waals surface area (Å²) in [5.74, 6) is -2.39. The monoisotopic (exact) mass is 680 g/mol. The van der Waals surface area contributed by atoms with Gasteiger partial charge in [0.1, 0.15) is 23.2 Å². The van der Waals surface area contributed by atoms with Crippen molar-refractivity contribution in [3.63, 3.8) is 0 Å². The fraction of sp³-hybridized carbons (Fsp3) is 0.375. The molecule has 2 aliphatic heterocycles. The van der Waals surface area contributed by atoms with Crippen molar-refractivity contribution in [1.29, 1.82) is 0 Å². The van der Waals surface area contributed by atoms with E-state index in [9.17, 15) is 14.4 Å². The van der Waals surface area contributed by atoms with E-state index < -0.39 is 58.4 Å². The predicted molar refractivity (Wildman–Crippen MR) is 189 cm³/mol. The normalized spacial score (nSPS) is 19.8. The summed E-state index contributed by atoms with van der Waals surface area (Å²) in [6.45, 7) is 13.7. The zero-order chi connectivity index (χ0) is 36.6. The number of amides is 4. The van der Waals surface area contributed by atoms with E-state index in [2.05, 4.69) is 0 Å². The minimum Gasteiger partial charge on any atom is -0.461 e. The Morgan fingerprint density at radius 2 is 1.10 bits per heavy atom. The van der Waals surface area contributed by atoms with Crippen LogP contribution in [0.5, 0.6) is 0 Å². The summed E-state index contributed by atoms with van der Waals surface area (Å²) in [6.07, 6.45) is -0.823. The SMILES string of the molecule is CC(C)=CC[C@]1([C@@]2(CC(=O)OCc3ccccc3)C(=O)N(C(=O)OC(C)(C)C)c3ccccc32)C(=O)N(C(=O)OC(C)(C)C)c2ccccc21. The molecule has 10 nitrogen and oxygen atoms in total. The summed E-state index contributed by atoms with van der Waals surface area (Å²) >= 11 is 0. The number of carbonyl (C=O) groups excluding carboxylic acids is 5. The van der Waals surface area contributed by atoms with Crippen molar-refractivity contribution in [2.24, 2.45) is 0 Å². The van der Waals surface area contributed by atoms with Crippen molar-refractivity contribution in [3.05, 3.63) is 107 Å². The van der Waals surface area contributed by atoms with Gasteiger partial charge in [0, 0.05) is 0 Å². The van der Waals surface area contributed by atoms with Crippen molar-refractivity contribution < 1.29 is 38.2 Å². The summed E-state index contributed by atoms with van der Waals surface area (Å²) in [6, 6.07) is 22.3. The Morgan fingerprint density at radius 1 is 0.660 bits per heavy atom. The van der Waals surface area contributed by atoms with Crippen LogP contribution in [0.3, 0.4) is 0 Å². The van der Waals surface area contributed by atoms with Gasteiger partial charge in [-0.25, -0.2) is 19.4 Å². The van der Waals surface area contributed by atoms with Crippen LogP contribution in [-0.2, 0) is 46.0 Å². The topological polar surface area (TPSA) is 120 Å². The van der Waals surface area contributed by atoms with Crippen LogP contribution in [0, 0.1) is 0 Å². The van der Waals surface area contributed by atoms with Crippen LogP contribution < -0.4 is 9.80 Å². The third kappa shape index (κ3) is 6.42. The van der Waals surface area contributed by atoms with Crippen LogP contribution >= 0.6 is 0 Å². The molecule has 3 aromatic carbocycles. The van der Waals surface area contributed by atoms with Gasteiger partial charge in [0.25, 0.3) is 0 Å². The molecular formula is C40H44N2O8. The molecule has 50 heavy (non-hydrogen) atoms. The first kappa shape index (κ1) is 36.0. The number of nitrogens with zero attached hydrogens (tertiary/aromatic N) is 2. The number of para-hydroxylation sites is 2. The maximum atomic E-state index is 15.4. The van der Waals surface area contributed by atoms with Crippen LogP contribution in [0.2, 0.25) is 0 Å². The second kappa shape index (κ2) is 13.2. The molecular weight excluding hydrogens is 636 g/mol. The van der Waals surface area contributed by atoms with Gasteiger partial charge in [-0.3, -0.25) is 14.4 Å². The summed E-state index contributed by atoms with van der Waals surface area (Å²) < 4.78 is 17.2. The molecule has 0 saturated heterocycles. The van der Waals surface area contributed by atoms with E-state index in [4.69, 9.17) is 14.2 Å². The highest BCUT2D eigenvalue weighted by Gasteiger charge is 2.72. The fourth-order valence-electron chi connectivity index (χ4n) is 6.75. The number of fused-ring (bicyclic) bond motifs is 2. The van der Waals surface area contributed by atoms with Crippen LogP contribution in [0.25, 0.3) is 0 Å². The van der Waals surface area contributed by atoms with Crippen molar-refractivity contribution in [1.82, 2.24) is 0 Å². The maximum absolute atomic E-state index is 15.4. The van der Waals surface area contributed by atoms with Gasteiger partial charge in [-0.1, -0.05) is 78.4 Å². The lowest BCUT2D eigenvalue weighted by Crippen LogP contribution is -2.62. The quantitative estimate of drug-likeness (QED) is 0.140. The lowest BCUT2D eigenvalue weighted by atomic mass is 9.54. The minimum atomic E-state index is -2.08. The number of hydrogen-bond donors (Lipinski definition) is 0. The number of carbonyl (C=O) groups is 5. The number of anilines is 2. The van der Waals surface area contributed by atoms with Gasteiger partial charge >= 0.3 is 18.2 Å². The third-order valence-corrected chi connectivity index (χ3v) is 8.70. The van der Waals surface area contributed by atoms with Gasteiger partial charge in [-0.2, -0.15) is 0 Å². The van der Waals surface area contributed by atoms with Gasteiger partial charge in [0.05, 0.1) is 23.2 Å². The first-order valence-electron chi connectivity index (χ1n) is 16.6. The Bertz CT molecular complexity index is 1870. The molecule has 3 aromatic rings. The number of ether oxygens (including phenoxy) is 3. The van der Waals surface area contributed by atoms with Gasteiger partial charge in [0.2, 0.25) is 11.8 Å². The Morgan fingerprint density at radius 3 is 1.58 bits per heavy atom. The number of rotatable bonds is 7. The van der Waals surface area contributed by atoms with Gasteiger partial charge in [0.15, 0.2) is 0 Å². The Labute approximate surface area is 293 Å². The molecule has 10 heteroatoms. The predicted octanol–water partition coefficient (Wildman–Crippen LogP) is 7.92. The number of imide groups is 2. The van der Waals surface area contributed by atoms with Crippen molar-refractivity contribution in [3.8, 4) is 0 Å². The zero-order valence-electron chi connectivity index (χ0n) is 29.9. The molecule has 0 spiro atoms. The van der Waals surface area contributed by atoms with Gasteiger partial charge in [-0.15, -0.1) is 0 Å². The summed E-state index contributed by atoms with van der Waals surface area (Å²) in [5, 5.41) is 0. The van der Waals surface area contributed by atoms with Crippen LogP contribution in [0.1, 0.15) is 84.9 Å². The third-order valence-electron chi connectivity index (χ3n) is 8.70. The van der Waals surface area contributed by atoms with E-state index in [-0.39, 0.29) is 30.0 Å². The van der Waals surface area contributed by atoms with Gasteiger partial charge < -0.3 is 14.2 Å². The highest BCUT2D eigenvalue weighted by Crippen LogP contribution is 2.62. The Hall–Kier alpha value is -5.25. The van der Waals surface area contributed by atoms with E-state index in [0.717, 1.165) is 20.9 Å². The number of allylic oxidation sites excluding steroid dienone is 2. The largest absolute Gasteiger partial charge is 0.461 e. The standard InChI is InChI=1S/C40H44N2O8/c1-26(2)22-23-39(28-18-12-14-20-30(28)41(33(39)44)35(46)49-37(3,4)5)40(24-32(43)48-25-27-16-10-9-11-17-27)29-19-13-15-21-31(29)42(34(40)45)36(47)50-38(6,7)8/h9-22H,23-25H2,1-8H3/t39-,40-/m1/s1. The molecule has 0 bridgehead atoms. The average Bonchev–Trinajstić information content (AvgIpc) is 3.43. The second-order valence-electron chi connectivity index (χ2n) is 14.9. The minimum absolute atomic E-state index is 0.0864. The molecule has 4 amide bonds. The summed E-state index contributed by atoms with van der Waals surface area (Å²) in [5.41, 5.74) is -3.42. The average molecular weight is 681 g/mol.